The van der Waals surface area contributed by atoms with Crippen LogP contribution in [0.4, 0.5) is 5.69 Å². The Balaban J connectivity index is 1.73. The highest BCUT2D eigenvalue weighted by Crippen LogP contribution is 2.29. The Morgan fingerprint density at radius 2 is 1.61 bits per heavy atom. The van der Waals surface area contributed by atoms with E-state index in [-0.39, 0.29) is 29.1 Å². The molecule has 0 unspecified atom stereocenters. The summed E-state index contributed by atoms with van der Waals surface area (Å²) >= 11 is 6.40. The van der Waals surface area contributed by atoms with Gasteiger partial charge in [0.1, 0.15) is 12.6 Å². The van der Waals surface area contributed by atoms with Crippen LogP contribution in [-0.2, 0) is 26.2 Å². The highest BCUT2D eigenvalue weighted by Gasteiger charge is 2.34. The van der Waals surface area contributed by atoms with Crippen LogP contribution in [0.15, 0.2) is 77.7 Å². The van der Waals surface area contributed by atoms with Crippen molar-refractivity contribution in [2.45, 2.75) is 76.4 Å². The van der Waals surface area contributed by atoms with Gasteiger partial charge in [-0.2, -0.15) is 0 Å². The third-order valence-electron chi connectivity index (χ3n) is 7.74. The van der Waals surface area contributed by atoms with E-state index < -0.39 is 28.5 Å². The first-order chi connectivity index (χ1) is 19.6. The van der Waals surface area contributed by atoms with Crippen molar-refractivity contribution in [2.24, 2.45) is 0 Å². The van der Waals surface area contributed by atoms with Crippen LogP contribution < -0.4 is 9.62 Å². The molecule has 7 nitrogen and oxygen atoms in total. The van der Waals surface area contributed by atoms with Crippen molar-refractivity contribution in [2.75, 3.05) is 10.8 Å². The highest BCUT2D eigenvalue weighted by molar-refractivity contribution is 7.92. The lowest BCUT2D eigenvalue weighted by Crippen LogP contribution is -2.53. The zero-order chi connectivity index (χ0) is 29.6. The molecule has 0 spiro atoms. The number of halogens is 1. The minimum atomic E-state index is -4.14. The molecule has 9 heteroatoms. The molecule has 0 heterocycles. The summed E-state index contributed by atoms with van der Waals surface area (Å²) in [5.74, 6) is -0.685. The minimum Gasteiger partial charge on any atom is -0.352 e. The Bertz CT molecular complexity index is 1470. The van der Waals surface area contributed by atoms with Crippen molar-refractivity contribution in [1.82, 2.24) is 10.2 Å². The van der Waals surface area contributed by atoms with Crippen molar-refractivity contribution in [3.8, 4) is 0 Å². The van der Waals surface area contributed by atoms with Crippen LogP contribution in [0.25, 0.3) is 0 Å². The van der Waals surface area contributed by atoms with Gasteiger partial charge >= 0.3 is 0 Å². The molecule has 1 atom stereocenters. The van der Waals surface area contributed by atoms with E-state index in [1.807, 2.05) is 45.0 Å². The van der Waals surface area contributed by atoms with E-state index in [0.29, 0.717) is 11.4 Å². The van der Waals surface area contributed by atoms with Crippen LogP contribution in [0.3, 0.4) is 0 Å². The van der Waals surface area contributed by atoms with Crippen LogP contribution in [0.1, 0.15) is 55.7 Å². The number of anilines is 1. The summed E-state index contributed by atoms with van der Waals surface area (Å²) in [5, 5.41) is 3.53. The monoisotopic (exact) mass is 595 g/mol. The van der Waals surface area contributed by atoms with Gasteiger partial charge in [-0.1, -0.05) is 79.9 Å². The van der Waals surface area contributed by atoms with Crippen LogP contribution in [0.5, 0.6) is 0 Å². The molecule has 0 bridgehead atoms. The van der Waals surface area contributed by atoms with E-state index in [0.717, 1.165) is 46.7 Å². The lowest BCUT2D eigenvalue weighted by Gasteiger charge is -2.34. The topological polar surface area (TPSA) is 86.8 Å². The Morgan fingerprint density at radius 3 is 2.24 bits per heavy atom. The van der Waals surface area contributed by atoms with Gasteiger partial charge in [0.25, 0.3) is 10.0 Å². The summed E-state index contributed by atoms with van der Waals surface area (Å²) in [4.78, 5) is 29.4. The quantitative estimate of drug-likeness (QED) is 0.294. The Kier molecular flexibility index (Phi) is 10.1. The first-order valence-electron chi connectivity index (χ1n) is 14.1. The summed E-state index contributed by atoms with van der Waals surface area (Å²) in [6, 6.07) is 20.0. The number of hydrogen-bond donors (Lipinski definition) is 1. The van der Waals surface area contributed by atoms with Gasteiger partial charge in [-0.3, -0.25) is 13.9 Å². The van der Waals surface area contributed by atoms with Crippen molar-refractivity contribution < 1.29 is 18.0 Å². The number of rotatable bonds is 11. The number of hydrogen-bond acceptors (Lipinski definition) is 4. The highest BCUT2D eigenvalue weighted by atomic mass is 35.5. The number of nitrogens with one attached hydrogen (secondary N) is 1. The van der Waals surface area contributed by atoms with Crippen molar-refractivity contribution in [1.29, 1.82) is 0 Å². The van der Waals surface area contributed by atoms with Crippen LogP contribution in [0, 0.1) is 13.8 Å². The fraction of sp³-hybridized carbons (Fsp3) is 0.375. The number of sulfonamides is 1. The van der Waals surface area contributed by atoms with Crippen molar-refractivity contribution in [3.63, 3.8) is 0 Å². The molecule has 0 saturated heterocycles. The van der Waals surface area contributed by atoms with Gasteiger partial charge in [-0.05, 0) is 74.1 Å². The fourth-order valence-electron chi connectivity index (χ4n) is 5.24. The third-order valence-corrected chi connectivity index (χ3v) is 9.94. The van der Waals surface area contributed by atoms with Gasteiger partial charge in [0.2, 0.25) is 11.8 Å². The normalized spacial score (nSPS) is 14.4. The molecule has 218 valence electrons. The largest absolute Gasteiger partial charge is 0.352 e. The molecule has 3 aromatic carbocycles. The molecule has 2 amide bonds. The number of benzene rings is 3. The number of carbonyl (C=O) groups is 2. The zero-order valence-corrected chi connectivity index (χ0v) is 25.4. The summed E-state index contributed by atoms with van der Waals surface area (Å²) in [6.07, 6.45) is 4.37. The molecule has 1 fully saturated rings. The molecule has 1 saturated carbocycles. The van der Waals surface area contributed by atoms with Crippen LogP contribution in [0.2, 0.25) is 5.02 Å². The molecule has 3 aromatic rings. The Labute approximate surface area is 248 Å². The molecule has 4 rings (SSSR count). The SMILES string of the molecule is CC[C@@H](C(=O)NC1CCCC1)N(Cc1ccccc1C)C(=O)CN(c1ccc(C)c(Cl)c1)S(=O)(=O)c1ccccc1. The number of amides is 2. The summed E-state index contributed by atoms with van der Waals surface area (Å²) in [6.45, 7) is 5.34. The molecule has 1 N–H and O–H groups in total. The number of nitrogens with zero attached hydrogens (tertiary/aromatic N) is 2. The molecular weight excluding hydrogens is 558 g/mol. The van der Waals surface area contributed by atoms with Gasteiger partial charge in [-0.25, -0.2) is 8.42 Å². The number of aryl methyl sites for hydroxylation is 2. The van der Waals surface area contributed by atoms with E-state index in [1.54, 1.807) is 36.4 Å². The maximum atomic E-state index is 14.2. The molecule has 1 aliphatic rings. The van der Waals surface area contributed by atoms with Crippen molar-refractivity contribution >= 4 is 39.1 Å². The Morgan fingerprint density at radius 1 is 0.951 bits per heavy atom. The molecule has 0 aromatic heterocycles. The lowest BCUT2D eigenvalue weighted by atomic mass is 10.1. The van der Waals surface area contributed by atoms with E-state index in [1.165, 1.54) is 17.0 Å². The summed E-state index contributed by atoms with van der Waals surface area (Å²) < 4.78 is 29.0. The predicted molar refractivity (Wildman–Crippen MR) is 163 cm³/mol. The lowest BCUT2D eigenvalue weighted by molar-refractivity contribution is -0.140. The zero-order valence-electron chi connectivity index (χ0n) is 23.8. The van der Waals surface area contributed by atoms with Crippen LogP contribution in [-0.4, -0.2) is 43.8 Å². The second-order valence-corrected chi connectivity index (χ2v) is 12.9. The summed E-state index contributed by atoms with van der Waals surface area (Å²) in [5.41, 5.74) is 2.94. The van der Waals surface area contributed by atoms with E-state index in [4.69, 9.17) is 11.6 Å². The average Bonchev–Trinajstić information content (AvgIpc) is 3.47. The van der Waals surface area contributed by atoms with Gasteiger partial charge in [-0.15, -0.1) is 0 Å². The van der Waals surface area contributed by atoms with E-state index in [9.17, 15) is 18.0 Å². The molecular formula is C32H38ClN3O4S. The predicted octanol–water partition coefficient (Wildman–Crippen LogP) is 6.02. The molecule has 0 radical (unpaired) electrons. The van der Waals surface area contributed by atoms with Gasteiger partial charge < -0.3 is 10.2 Å². The standard InChI is InChI=1S/C32H38ClN3O4S/c1-4-30(32(38)34-26-14-10-11-15-26)35(21-25-13-9-8-12-23(25)2)31(37)22-36(27-19-18-24(3)29(33)20-27)41(39,40)28-16-6-5-7-17-28/h5-9,12-13,16-20,26,30H,4,10-11,14-15,21-22H2,1-3H3,(H,34,38)/t30-/m0/s1. The third kappa shape index (κ3) is 7.29. The fourth-order valence-corrected chi connectivity index (χ4v) is 6.85. The first kappa shape index (κ1) is 30.6. The summed E-state index contributed by atoms with van der Waals surface area (Å²) in [7, 11) is -4.14. The van der Waals surface area contributed by atoms with E-state index >= 15 is 0 Å². The molecule has 0 aliphatic heterocycles. The maximum absolute atomic E-state index is 14.2. The van der Waals surface area contributed by atoms with Gasteiger partial charge in [0, 0.05) is 17.6 Å². The van der Waals surface area contributed by atoms with Gasteiger partial charge in [0.05, 0.1) is 10.6 Å². The minimum absolute atomic E-state index is 0.0565. The Hall–Kier alpha value is -3.36. The second kappa shape index (κ2) is 13.5. The van der Waals surface area contributed by atoms with E-state index in [2.05, 4.69) is 5.32 Å². The van der Waals surface area contributed by atoms with Crippen LogP contribution >= 0.6 is 11.6 Å². The smallest absolute Gasteiger partial charge is 0.264 e. The van der Waals surface area contributed by atoms with Crippen molar-refractivity contribution in [3.05, 3.63) is 94.5 Å². The molecule has 1 aliphatic carbocycles. The van der Waals surface area contributed by atoms with Gasteiger partial charge in [0.15, 0.2) is 0 Å². The number of carbonyl (C=O) groups excluding carboxylic acids is 2. The molecule has 41 heavy (non-hydrogen) atoms. The maximum Gasteiger partial charge on any atom is 0.264 e. The average molecular weight is 596 g/mol. The first-order valence-corrected chi connectivity index (χ1v) is 15.9. The second-order valence-electron chi connectivity index (χ2n) is 10.6.